The SMILES string of the molecule is Cc1c(F)c(=O)n(C2CCCCC2)c2nc(Nc3ccc(N4CCC(CCCN5CCOCC5)CC4)cc3)ncc12. The summed E-state index contributed by atoms with van der Waals surface area (Å²) in [7, 11) is 0. The average Bonchev–Trinajstić information content (AvgIpc) is 3.02. The molecule has 0 radical (unpaired) electrons. The van der Waals surface area contributed by atoms with Crippen LogP contribution in [-0.4, -0.2) is 65.4 Å². The van der Waals surface area contributed by atoms with Crippen molar-refractivity contribution in [3.63, 3.8) is 0 Å². The van der Waals surface area contributed by atoms with Gasteiger partial charge in [-0.2, -0.15) is 4.98 Å². The first-order chi connectivity index (χ1) is 20.1. The Kier molecular flexibility index (Phi) is 8.81. The van der Waals surface area contributed by atoms with Gasteiger partial charge in [0.05, 0.1) is 13.2 Å². The summed E-state index contributed by atoms with van der Waals surface area (Å²) in [5, 5.41) is 3.90. The van der Waals surface area contributed by atoms with E-state index in [1.807, 2.05) is 0 Å². The van der Waals surface area contributed by atoms with Gasteiger partial charge in [0, 0.05) is 60.7 Å². The van der Waals surface area contributed by atoms with E-state index in [2.05, 4.69) is 44.4 Å². The molecule has 3 aromatic rings. The fourth-order valence-electron chi connectivity index (χ4n) is 6.83. The number of morpholine rings is 1. The van der Waals surface area contributed by atoms with Crippen molar-refractivity contribution in [3.05, 3.63) is 52.2 Å². The van der Waals surface area contributed by atoms with Crippen LogP contribution in [0.15, 0.2) is 35.3 Å². The molecule has 2 saturated heterocycles. The molecule has 9 heteroatoms. The number of aryl methyl sites for hydroxylation is 1. The van der Waals surface area contributed by atoms with Gasteiger partial charge in [-0.15, -0.1) is 0 Å². The van der Waals surface area contributed by atoms with Crippen LogP contribution in [0.3, 0.4) is 0 Å². The standard InChI is InChI=1S/C32H43FN6O2/c1-23-28-22-34-32(36-30(28)39(31(40)29(23)33)27-7-3-2-4-8-27)35-25-9-11-26(12-10-25)38-16-13-24(14-17-38)6-5-15-37-18-20-41-21-19-37/h9-12,22,24,27H,2-8,13-21H2,1H3,(H,34,35,36). The molecule has 3 aliphatic rings. The number of hydrogen-bond donors (Lipinski definition) is 1. The number of aromatic nitrogens is 3. The Morgan fingerprint density at radius 2 is 1.73 bits per heavy atom. The quantitative estimate of drug-likeness (QED) is 0.371. The smallest absolute Gasteiger partial charge is 0.288 e. The molecule has 41 heavy (non-hydrogen) atoms. The lowest BCUT2D eigenvalue weighted by molar-refractivity contribution is 0.0365. The summed E-state index contributed by atoms with van der Waals surface area (Å²) in [4.78, 5) is 27.2. The first kappa shape index (κ1) is 28.1. The molecule has 2 aliphatic heterocycles. The van der Waals surface area contributed by atoms with E-state index in [9.17, 15) is 9.18 Å². The first-order valence-corrected chi connectivity index (χ1v) is 15.6. The van der Waals surface area contributed by atoms with Crippen molar-refractivity contribution < 1.29 is 9.13 Å². The highest BCUT2D eigenvalue weighted by Crippen LogP contribution is 2.31. The number of halogens is 1. The van der Waals surface area contributed by atoms with Crippen LogP contribution in [0, 0.1) is 18.7 Å². The third kappa shape index (κ3) is 6.41. The highest BCUT2D eigenvalue weighted by molar-refractivity contribution is 5.79. The molecule has 6 rings (SSSR count). The molecule has 0 spiro atoms. The Morgan fingerprint density at radius 1 is 1.00 bits per heavy atom. The highest BCUT2D eigenvalue weighted by Gasteiger charge is 2.24. The van der Waals surface area contributed by atoms with E-state index in [4.69, 9.17) is 9.72 Å². The Labute approximate surface area is 241 Å². The van der Waals surface area contributed by atoms with Crippen molar-refractivity contribution in [1.29, 1.82) is 0 Å². The Morgan fingerprint density at radius 3 is 2.46 bits per heavy atom. The summed E-state index contributed by atoms with van der Waals surface area (Å²) >= 11 is 0. The summed E-state index contributed by atoms with van der Waals surface area (Å²) in [5.41, 5.74) is 2.38. The molecule has 2 aromatic heterocycles. The highest BCUT2D eigenvalue weighted by atomic mass is 19.1. The van der Waals surface area contributed by atoms with Crippen molar-refractivity contribution in [1.82, 2.24) is 19.4 Å². The normalized spacial score (nSPS) is 19.6. The van der Waals surface area contributed by atoms with Crippen LogP contribution in [0.2, 0.25) is 0 Å². The summed E-state index contributed by atoms with van der Waals surface area (Å²) in [6, 6.07) is 8.40. The number of anilines is 3. The molecule has 1 saturated carbocycles. The number of benzene rings is 1. The van der Waals surface area contributed by atoms with E-state index < -0.39 is 11.4 Å². The lowest BCUT2D eigenvalue weighted by Crippen LogP contribution is -2.37. The molecular weight excluding hydrogens is 519 g/mol. The number of hydrogen-bond acceptors (Lipinski definition) is 7. The van der Waals surface area contributed by atoms with Gasteiger partial charge in [-0.05, 0) is 82.2 Å². The lowest BCUT2D eigenvalue weighted by Gasteiger charge is -2.34. The second kappa shape index (κ2) is 12.9. The maximum Gasteiger partial charge on any atom is 0.288 e. The maximum absolute atomic E-state index is 14.8. The van der Waals surface area contributed by atoms with Crippen LogP contribution in [0.4, 0.5) is 21.7 Å². The predicted octanol–water partition coefficient (Wildman–Crippen LogP) is 5.82. The molecule has 0 bridgehead atoms. The van der Waals surface area contributed by atoms with Crippen molar-refractivity contribution in [3.8, 4) is 0 Å². The molecule has 1 aliphatic carbocycles. The van der Waals surface area contributed by atoms with Crippen LogP contribution >= 0.6 is 0 Å². The summed E-state index contributed by atoms with van der Waals surface area (Å²) < 4.78 is 21.9. The van der Waals surface area contributed by atoms with E-state index in [1.54, 1.807) is 17.7 Å². The van der Waals surface area contributed by atoms with Gasteiger partial charge >= 0.3 is 0 Å². The summed E-state index contributed by atoms with van der Waals surface area (Å²) in [6.07, 6.45) is 11.7. The van der Waals surface area contributed by atoms with E-state index >= 15 is 0 Å². The predicted molar refractivity (Wildman–Crippen MR) is 162 cm³/mol. The molecule has 220 valence electrons. The second-order valence-corrected chi connectivity index (χ2v) is 12.0. The van der Waals surface area contributed by atoms with Crippen LogP contribution in [0.5, 0.6) is 0 Å². The van der Waals surface area contributed by atoms with Crippen LogP contribution < -0.4 is 15.8 Å². The van der Waals surface area contributed by atoms with Crippen molar-refractivity contribution in [2.75, 3.05) is 56.2 Å². The Bertz CT molecular complexity index is 1370. The Balaban J connectivity index is 1.08. The van der Waals surface area contributed by atoms with E-state index in [0.717, 1.165) is 83.1 Å². The molecule has 8 nitrogen and oxygen atoms in total. The topological polar surface area (TPSA) is 75.5 Å². The fraction of sp³-hybridized carbons (Fsp3) is 0.594. The van der Waals surface area contributed by atoms with E-state index in [1.165, 1.54) is 37.9 Å². The molecule has 3 fully saturated rings. The van der Waals surface area contributed by atoms with Crippen LogP contribution in [0.1, 0.15) is 69.4 Å². The van der Waals surface area contributed by atoms with Gasteiger partial charge in [-0.3, -0.25) is 14.3 Å². The minimum Gasteiger partial charge on any atom is -0.379 e. The van der Waals surface area contributed by atoms with Gasteiger partial charge in [0.25, 0.3) is 5.56 Å². The zero-order valence-corrected chi connectivity index (χ0v) is 24.3. The minimum atomic E-state index is -0.694. The number of nitrogens with zero attached hydrogens (tertiary/aromatic N) is 5. The summed E-state index contributed by atoms with van der Waals surface area (Å²) in [5.74, 6) is 0.541. The second-order valence-electron chi connectivity index (χ2n) is 12.0. The third-order valence-corrected chi connectivity index (χ3v) is 9.37. The van der Waals surface area contributed by atoms with E-state index in [-0.39, 0.29) is 6.04 Å². The molecule has 0 atom stereocenters. The molecule has 4 heterocycles. The largest absolute Gasteiger partial charge is 0.379 e. The molecule has 1 aromatic carbocycles. The number of piperidine rings is 1. The van der Waals surface area contributed by atoms with Crippen molar-refractivity contribution in [2.24, 2.45) is 5.92 Å². The summed E-state index contributed by atoms with van der Waals surface area (Å²) in [6.45, 7) is 8.95. The first-order valence-electron chi connectivity index (χ1n) is 15.6. The van der Waals surface area contributed by atoms with Crippen LogP contribution in [0.25, 0.3) is 11.0 Å². The van der Waals surface area contributed by atoms with Gasteiger partial charge < -0.3 is 15.0 Å². The number of fused-ring (bicyclic) bond motifs is 1. The van der Waals surface area contributed by atoms with Crippen molar-refractivity contribution >= 4 is 28.4 Å². The van der Waals surface area contributed by atoms with Gasteiger partial charge in [-0.1, -0.05) is 19.3 Å². The van der Waals surface area contributed by atoms with Gasteiger partial charge in [0.15, 0.2) is 5.82 Å². The minimum absolute atomic E-state index is 0.0233. The van der Waals surface area contributed by atoms with E-state index in [0.29, 0.717) is 22.5 Å². The fourth-order valence-corrected chi connectivity index (χ4v) is 6.83. The molecular formula is C32H43FN6O2. The third-order valence-electron chi connectivity index (χ3n) is 9.37. The lowest BCUT2D eigenvalue weighted by atomic mass is 9.92. The molecule has 0 amide bonds. The van der Waals surface area contributed by atoms with Crippen molar-refractivity contribution in [2.45, 2.75) is 70.8 Å². The number of ether oxygens (including phenoxy) is 1. The maximum atomic E-state index is 14.8. The number of nitrogens with one attached hydrogen (secondary N) is 1. The van der Waals surface area contributed by atoms with Gasteiger partial charge in [0.1, 0.15) is 5.65 Å². The number of pyridine rings is 1. The average molecular weight is 563 g/mol. The monoisotopic (exact) mass is 562 g/mol. The molecule has 0 unspecified atom stereocenters. The number of rotatable bonds is 8. The van der Waals surface area contributed by atoms with Gasteiger partial charge in [-0.25, -0.2) is 9.37 Å². The zero-order chi connectivity index (χ0) is 28.2. The van der Waals surface area contributed by atoms with Gasteiger partial charge in [0.2, 0.25) is 5.95 Å². The van der Waals surface area contributed by atoms with Crippen LogP contribution in [-0.2, 0) is 4.74 Å². The zero-order valence-electron chi connectivity index (χ0n) is 24.3. The Hall–Kier alpha value is -3.04. The molecule has 1 N–H and O–H groups in total.